The van der Waals surface area contributed by atoms with Gasteiger partial charge in [0.25, 0.3) is 0 Å². The lowest BCUT2D eigenvalue weighted by molar-refractivity contribution is -0.971. The minimum Gasteiger partial charge on any atom is -0.303 e. The van der Waals surface area contributed by atoms with E-state index in [2.05, 4.69) is 29.3 Å². The van der Waals surface area contributed by atoms with Gasteiger partial charge in [0.2, 0.25) is 12.0 Å². The number of nitrogens with zero attached hydrogens (tertiary/aromatic N) is 3. The molecule has 0 saturated heterocycles. The topological polar surface area (TPSA) is 45.4 Å². The molecule has 1 aliphatic carbocycles. The summed E-state index contributed by atoms with van der Waals surface area (Å²) >= 11 is 0. The number of hydrogen-bond acceptors (Lipinski definition) is 3. The number of hydrogen-bond donors (Lipinski definition) is 0. The van der Waals surface area contributed by atoms with Gasteiger partial charge >= 0.3 is 0 Å². The molecule has 4 heteroatoms. The number of aliphatic imine (C=N–C) groups is 1. The van der Waals surface area contributed by atoms with Crippen molar-refractivity contribution in [1.82, 2.24) is 0 Å². The fraction of sp³-hybridized carbons (Fsp3) is 0.0588. The first kappa shape index (κ1) is 11.9. The number of rotatable bonds is 2. The number of hydroxylamine groups is 3. The van der Waals surface area contributed by atoms with Crippen LogP contribution in [0.4, 0.5) is 0 Å². The summed E-state index contributed by atoms with van der Waals surface area (Å²) in [6, 6.07) is 9.39. The summed E-state index contributed by atoms with van der Waals surface area (Å²) in [4.78, 5) is 10.5. The number of benzene rings is 1. The summed E-state index contributed by atoms with van der Waals surface area (Å²) in [5.41, 5.74) is 2.78. The van der Waals surface area contributed by atoms with E-state index in [1.165, 1.54) is 5.57 Å². The maximum Gasteiger partial charge on any atom is 0.238 e. The molecule has 1 aromatic rings. The SMILES string of the molecule is N#Cc1cccc(O[N+]23C=NC=C2C=C2C=CC=CC23)c1. The zero-order valence-corrected chi connectivity index (χ0v) is 11.2. The van der Waals surface area contributed by atoms with Gasteiger partial charge in [0.05, 0.1) is 17.8 Å². The number of allylic oxidation sites excluding steroid dienone is 3. The van der Waals surface area contributed by atoms with Crippen molar-refractivity contribution in [2.24, 2.45) is 4.99 Å². The van der Waals surface area contributed by atoms with Gasteiger partial charge in [0.1, 0.15) is 0 Å². The maximum atomic E-state index is 9.02. The quantitative estimate of drug-likeness (QED) is 0.778. The average Bonchev–Trinajstić information content (AvgIpc) is 3.03. The molecule has 0 amide bonds. The van der Waals surface area contributed by atoms with Crippen LogP contribution in [-0.4, -0.2) is 17.0 Å². The molecule has 2 unspecified atom stereocenters. The van der Waals surface area contributed by atoms with Crippen LogP contribution in [0.3, 0.4) is 0 Å². The third-order valence-electron chi connectivity index (χ3n) is 3.83. The first-order valence-corrected chi connectivity index (χ1v) is 6.71. The number of nitriles is 1. The van der Waals surface area contributed by atoms with Gasteiger partial charge in [-0.05, 0) is 18.2 Å². The first-order chi connectivity index (χ1) is 10.3. The van der Waals surface area contributed by atoms with Crippen molar-refractivity contribution < 1.29 is 9.48 Å². The van der Waals surface area contributed by atoms with Gasteiger partial charge in [0.15, 0.2) is 11.8 Å². The highest BCUT2D eigenvalue weighted by molar-refractivity contribution is 5.60. The second kappa shape index (κ2) is 4.30. The third kappa shape index (κ3) is 1.69. The normalized spacial score (nSPS) is 27.7. The van der Waals surface area contributed by atoms with E-state index in [-0.39, 0.29) is 10.7 Å². The van der Waals surface area contributed by atoms with E-state index in [4.69, 9.17) is 10.1 Å². The molecule has 2 aliphatic heterocycles. The minimum absolute atomic E-state index is 0.0678. The molecule has 1 aromatic carbocycles. The predicted octanol–water partition coefficient (Wildman–Crippen LogP) is 2.99. The lowest BCUT2D eigenvalue weighted by Gasteiger charge is -2.31. The molecule has 2 heterocycles. The molecule has 0 radical (unpaired) electrons. The van der Waals surface area contributed by atoms with Crippen molar-refractivity contribution in [3.63, 3.8) is 0 Å². The molecule has 0 saturated carbocycles. The summed E-state index contributed by atoms with van der Waals surface area (Å²) in [6.45, 7) is 0. The second-order valence-corrected chi connectivity index (χ2v) is 5.09. The van der Waals surface area contributed by atoms with Gasteiger partial charge in [-0.1, -0.05) is 28.9 Å². The van der Waals surface area contributed by atoms with Crippen molar-refractivity contribution in [3.05, 3.63) is 77.7 Å². The summed E-state index contributed by atoms with van der Waals surface area (Å²) < 4.78 is 0.199. The van der Waals surface area contributed by atoms with Gasteiger partial charge in [0, 0.05) is 17.7 Å². The van der Waals surface area contributed by atoms with Gasteiger partial charge < -0.3 is 4.84 Å². The molecule has 0 N–H and O–H groups in total. The Bertz CT molecular complexity index is 808. The number of fused-ring (bicyclic) bond motifs is 3. The zero-order valence-electron chi connectivity index (χ0n) is 11.2. The Morgan fingerprint density at radius 1 is 1.29 bits per heavy atom. The molecule has 2 atom stereocenters. The van der Waals surface area contributed by atoms with Gasteiger partial charge in [-0.15, -0.1) is 0 Å². The highest BCUT2D eigenvalue weighted by Crippen LogP contribution is 2.40. The second-order valence-electron chi connectivity index (χ2n) is 5.09. The van der Waals surface area contributed by atoms with Gasteiger partial charge in [-0.2, -0.15) is 5.26 Å². The minimum atomic E-state index is 0.0678. The van der Waals surface area contributed by atoms with Crippen molar-refractivity contribution in [2.45, 2.75) is 6.04 Å². The van der Waals surface area contributed by atoms with Crippen LogP contribution in [0.1, 0.15) is 5.56 Å². The molecule has 0 bridgehead atoms. The lowest BCUT2D eigenvalue weighted by Crippen LogP contribution is -2.51. The Balaban J connectivity index is 1.75. The van der Waals surface area contributed by atoms with Crippen LogP contribution >= 0.6 is 0 Å². The van der Waals surface area contributed by atoms with E-state index < -0.39 is 0 Å². The maximum absolute atomic E-state index is 9.02. The van der Waals surface area contributed by atoms with Crippen LogP contribution in [-0.2, 0) is 0 Å². The predicted molar refractivity (Wildman–Crippen MR) is 78.8 cm³/mol. The first-order valence-electron chi connectivity index (χ1n) is 6.71. The molecular formula is C17H12N3O+. The highest BCUT2D eigenvalue weighted by atomic mass is 16.7. The van der Waals surface area contributed by atoms with Crippen LogP contribution in [0.5, 0.6) is 5.75 Å². The van der Waals surface area contributed by atoms with Crippen LogP contribution in [0.15, 0.2) is 77.1 Å². The Hall–Kier alpha value is -2.90. The Labute approximate surface area is 122 Å². The number of quaternary nitrogens is 1. The molecule has 21 heavy (non-hydrogen) atoms. The fourth-order valence-electron chi connectivity index (χ4n) is 2.87. The van der Waals surface area contributed by atoms with Crippen LogP contribution in [0.2, 0.25) is 0 Å². The van der Waals surface area contributed by atoms with Crippen molar-refractivity contribution in [3.8, 4) is 11.8 Å². The van der Waals surface area contributed by atoms with Crippen LogP contribution in [0.25, 0.3) is 0 Å². The van der Waals surface area contributed by atoms with Crippen LogP contribution in [0, 0.1) is 11.3 Å². The van der Waals surface area contributed by atoms with Gasteiger partial charge in [-0.3, -0.25) is 0 Å². The summed E-state index contributed by atoms with van der Waals surface area (Å²) in [5, 5.41) is 9.02. The Morgan fingerprint density at radius 3 is 3.14 bits per heavy atom. The van der Waals surface area contributed by atoms with E-state index in [1.54, 1.807) is 18.5 Å². The van der Waals surface area contributed by atoms with Crippen molar-refractivity contribution >= 4 is 6.34 Å². The van der Waals surface area contributed by atoms with E-state index in [1.807, 2.05) is 30.5 Å². The Morgan fingerprint density at radius 2 is 2.24 bits per heavy atom. The molecular weight excluding hydrogens is 262 g/mol. The monoisotopic (exact) mass is 274 g/mol. The smallest absolute Gasteiger partial charge is 0.238 e. The van der Waals surface area contributed by atoms with E-state index in [0.717, 1.165) is 5.70 Å². The van der Waals surface area contributed by atoms with E-state index in [0.29, 0.717) is 11.3 Å². The van der Waals surface area contributed by atoms with Crippen LogP contribution < -0.4 is 4.84 Å². The third-order valence-corrected chi connectivity index (χ3v) is 3.83. The highest BCUT2D eigenvalue weighted by Gasteiger charge is 2.51. The largest absolute Gasteiger partial charge is 0.303 e. The zero-order chi connectivity index (χ0) is 14.3. The average molecular weight is 274 g/mol. The molecule has 4 rings (SSSR count). The molecule has 3 aliphatic rings. The summed E-state index contributed by atoms with van der Waals surface area (Å²) in [7, 11) is 0. The Kier molecular flexibility index (Phi) is 2.44. The molecule has 100 valence electrons. The summed E-state index contributed by atoms with van der Waals surface area (Å²) in [6.07, 6.45) is 14.0. The summed E-state index contributed by atoms with van der Waals surface area (Å²) in [5.74, 6) is 0.658. The van der Waals surface area contributed by atoms with Crippen molar-refractivity contribution in [2.75, 3.05) is 0 Å². The van der Waals surface area contributed by atoms with Gasteiger partial charge in [-0.25, -0.2) is 4.99 Å². The van der Waals surface area contributed by atoms with Crippen molar-refractivity contribution in [1.29, 1.82) is 5.26 Å². The molecule has 0 spiro atoms. The lowest BCUT2D eigenvalue weighted by atomic mass is 10.0. The molecule has 4 nitrogen and oxygen atoms in total. The molecule has 0 fully saturated rings. The fourth-order valence-corrected chi connectivity index (χ4v) is 2.87. The standard InChI is InChI=1S/C17H12N3O/c18-10-13-4-3-6-16(8-13)21-20-12-19-11-15(20)9-14-5-1-2-7-17(14)20/h1-9,11-12,17H/q+1. The van der Waals surface area contributed by atoms with E-state index in [9.17, 15) is 0 Å². The van der Waals surface area contributed by atoms with E-state index >= 15 is 0 Å². The molecule has 0 aromatic heterocycles.